The number of aliphatic carboxylic acids is 2. The fraction of sp³-hybridized carbons (Fsp3) is 0.429. The number of carbonyl (C=O) groups is 11. The third-order valence-corrected chi connectivity index (χ3v) is 9.59. The van der Waals surface area contributed by atoms with E-state index in [1.54, 1.807) is 30.3 Å². The third kappa shape index (κ3) is 22.1. The molecule has 376 valence electrons. The van der Waals surface area contributed by atoms with Gasteiger partial charge in [-0.2, -0.15) is 0 Å². The van der Waals surface area contributed by atoms with Crippen molar-refractivity contribution >= 4 is 71.1 Å². The van der Waals surface area contributed by atoms with Crippen molar-refractivity contribution in [3.05, 3.63) is 65.7 Å². The number of aliphatic imine (C=N–C) groups is 1. The van der Waals surface area contributed by atoms with Crippen molar-refractivity contribution in [2.24, 2.45) is 27.9 Å². The highest BCUT2D eigenvalue weighted by Crippen LogP contribution is 2.12. The number of hydrogen-bond donors (Lipinski definition) is 15. The zero-order valence-corrected chi connectivity index (χ0v) is 37.7. The largest absolute Gasteiger partial charge is 0.508 e. The van der Waals surface area contributed by atoms with Crippen LogP contribution in [0.5, 0.6) is 5.75 Å². The van der Waals surface area contributed by atoms with Crippen LogP contribution in [0.25, 0.3) is 0 Å². The SMILES string of the molecule is C[C@H](N)C(=O)N[C@@H](CCCN=C(N)N)C(=O)N[C@@H](CC(N)=O)C(=O)NCC(=O)NCC(=O)N[C@@H](CC(=O)O)C(=O)N[C@@H](Cc1ccccc1)C(=O)N[C@@H](C)C(=O)N[C@@H](Cc1ccc(O)cc1)C(=O)O. The number of nitrogens with one attached hydrogen (secondary N) is 8. The Kier molecular flexibility index (Phi) is 23.6. The average Bonchev–Trinajstić information content (AvgIpc) is 3.27. The molecule has 0 saturated heterocycles. The summed E-state index contributed by atoms with van der Waals surface area (Å²) in [7, 11) is 0. The number of primary amides is 1. The van der Waals surface area contributed by atoms with Gasteiger partial charge in [-0.3, -0.25) is 52.9 Å². The van der Waals surface area contributed by atoms with Crippen LogP contribution in [0.15, 0.2) is 59.6 Å². The van der Waals surface area contributed by atoms with E-state index >= 15 is 0 Å². The molecule has 0 bridgehead atoms. The van der Waals surface area contributed by atoms with Gasteiger partial charge in [0.15, 0.2) is 5.96 Å². The summed E-state index contributed by atoms with van der Waals surface area (Å²) in [5.74, 6) is -12.1. The molecule has 19 N–H and O–H groups in total. The number of nitrogens with zero attached hydrogens (tertiary/aromatic N) is 1. The van der Waals surface area contributed by atoms with Gasteiger partial charge < -0.3 is 80.8 Å². The molecule has 0 heterocycles. The van der Waals surface area contributed by atoms with Crippen LogP contribution in [0.2, 0.25) is 0 Å². The Labute approximate surface area is 394 Å². The number of aromatic hydroxyl groups is 1. The van der Waals surface area contributed by atoms with Gasteiger partial charge in [-0.25, -0.2) is 4.79 Å². The molecule has 69 heavy (non-hydrogen) atoms. The van der Waals surface area contributed by atoms with Crippen LogP contribution in [0.3, 0.4) is 0 Å². The van der Waals surface area contributed by atoms with Gasteiger partial charge in [0.2, 0.25) is 53.2 Å². The quantitative estimate of drug-likeness (QED) is 0.0205. The number of nitrogens with two attached hydrogens (primary N) is 4. The molecule has 0 spiro atoms. The van der Waals surface area contributed by atoms with Gasteiger partial charge in [0.05, 0.1) is 32.0 Å². The Balaban J connectivity index is 2.10. The van der Waals surface area contributed by atoms with Gasteiger partial charge in [-0.15, -0.1) is 0 Å². The molecule has 2 rings (SSSR count). The van der Waals surface area contributed by atoms with Crippen LogP contribution in [-0.4, -0.2) is 148 Å². The summed E-state index contributed by atoms with van der Waals surface area (Å²) in [4.78, 5) is 144. The van der Waals surface area contributed by atoms with Crippen molar-refractivity contribution in [2.75, 3.05) is 19.6 Å². The Morgan fingerprint density at radius 1 is 0.565 bits per heavy atom. The fourth-order valence-electron chi connectivity index (χ4n) is 5.99. The zero-order valence-electron chi connectivity index (χ0n) is 37.7. The first-order valence-electron chi connectivity index (χ1n) is 21.2. The molecule has 0 aliphatic heterocycles. The van der Waals surface area contributed by atoms with E-state index in [4.69, 9.17) is 22.9 Å². The number of benzene rings is 2. The number of rotatable bonds is 29. The highest BCUT2D eigenvalue weighted by molar-refractivity contribution is 5.98. The molecule has 0 fully saturated rings. The number of carbonyl (C=O) groups excluding carboxylic acids is 9. The topological polar surface area (TPSA) is 461 Å². The van der Waals surface area contributed by atoms with Crippen molar-refractivity contribution in [2.45, 2.75) is 94.7 Å². The van der Waals surface area contributed by atoms with Crippen molar-refractivity contribution in [3.63, 3.8) is 0 Å². The van der Waals surface area contributed by atoms with E-state index in [1.165, 1.54) is 38.1 Å². The highest BCUT2D eigenvalue weighted by atomic mass is 16.4. The molecule has 7 atom stereocenters. The van der Waals surface area contributed by atoms with Crippen LogP contribution in [0.4, 0.5) is 0 Å². The van der Waals surface area contributed by atoms with E-state index < -0.39 is 133 Å². The third-order valence-electron chi connectivity index (χ3n) is 9.59. The molecular formula is C42H59N13O14. The molecule has 2 aromatic carbocycles. The molecule has 0 saturated carbocycles. The summed E-state index contributed by atoms with van der Waals surface area (Å²) < 4.78 is 0. The fourth-order valence-corrected chi connectivity index (χ4v) is 5.99. The monoisotopic (exact) mass is 969 g/mol. The number of carboxylic acid groups (broad SMARTS) is 2. The van der Waals surface area contributed by atoms with E-state index in [1.807, 2.05) is 0 Å². The van der Waals surface area contributed by atoms with Gasteiger partial charge in [0.1, 0.15) is 42.0 Å². The predicted molar refractivity (Wildman–Crippen MR) is 242 cm³/mol. The minimum Gasteiger partial charge on any atom is -0.508 e. The zero-order chi connectivity index (χ0) is 51.8. The maximum absolute atomic E-state index is 13.6. The summed E-state index contributed by atoms with van der Waals surface area (Å²) in [5.41, 5.74) is 22.5. The van der Waals surface area contributed by atoms with Crippen LogP contribution in [0.1, 0.15) is 50.7 Å². The first kappa shape index (κ1) is 56.8. The van der Waals surface area contributed by atoms with Gasteiger partial charge in [-0.1, -0.05) is 42.5 Å². The summed E-state index contributed by atoms with van der Waals surface area (Å²) in [6.07, 6.45) is -1.95. The van der Waals surface area contributed by atoms with Crippen molar-refractivity contribution < 1.29 is 68.1 Å². The number of carboxylic acids is 2. The second kappa shape index (κ2) is 28.6. The summed E-state index contributed by atoms with van der Waals surface area (Å²) in [6.45, 7) is 0.989. The number of phenols is 1. The van der Waals surface area contributed by atoms with Gasteiger partial charge in [0, 0.05) is 19.4 Å². The summed E-state index contributed by atoms with van der Waals surface area (Å²) in [6, 6.07) is 3.72. The highest BCUT2D eigenvalue weighted by Gasteiger charge is 2.32. The van der Waals surface area contributed by atoms with E-state index in [-0.39, 0.29) is 43.9 Å². The lowest BCUT2D eigenvalue weighted by atomic mass is 10.0. The Hall–Kier alpha value is -8.36. The molecule has 27 nitrogen and oxygen atoms in total. The standard InChI is InChI=1S/C42H59N13O14/c1-21(43)35(62)52-26(9-6-14-47-42(45)46)38(65)54-28(17-31(44)57)37(64)49-19-32(58)48-20-33(59)51-29(18-34(60)61)40(67)53-27(15-23-7-4-3-5-8-23)39(66)50-22(2)36(63)55-30(41(68)69)16-24-10-12-25(56)13-11-24/h3-5,7-8,10-13,21-22,26-30,56H,6,9,14-20,43H2,1-2H3,(H2,44,57)(H,48,58)(H,49,64)(H,50,66)(H,51,59)(H,52,62)(H,53,67)(H,54,65)(H,55,63)(H,60,61)(H,68,69)(H4,45,46,47)/t21-,22-,26-,27-,28-,29-,30-/m0/s1. The molecule has 0 radical (unpaired) electrons. The first-order chi connectivity index (χ1) is 32.4. The minimum atomic E-state index is -1.83. The van der Waals surface area contributed by atoms with Crippen LogP contribution in [-0.2, 0) is 65.6 Å². The minimum absolute atomic E-state index is 0.0302. The number of guanidine groups is 1. The molecule has 9 amide bonds. The second-order valence-electron chi connectivity index (χ2n) is 15.5. The average molecular weight is 970 g/mol. The Morgan fingerprint density at radius 2 is 1.09 bits per heavy atom. The summed E-state index contributed by atoms with van der Waals surface area (Å²) in [5, 5.41) is 47.1. The van der Waals surface area contributed by atoms with E-state index in [9.17, 15) is 68.1 Å². The lowest BCUT2D eigenvalue weighted by Gasteiger charge is -2.25. The van der Waals surface area contributed by atoms with E-state index in [0.29, 0.717) is 11.1 Å². The van der Waals surface area contributed by atoms with Gasteiger partial charge in [-0.05, 0) is 49.9 Å². The van der Waals surface area contributed by atoms with Crippen LogP contribution >= 0.6 is 0 Å². The molecule has 0 aromatic heterocycles. The maximum Gasteiger partial charge on any atom is 0.326 e. The van der Waals surface area contributed by atoms with Crippen LogP contribution in [0, 0.1) is 0 Å². The van der Waals surface area contributed by atoms with Gasteiger partial charge in [0.25, 0.3) is 0 Å². The molecule has 27 heteroatoms. The summed E-state index contributed by atoms with van der Waals surface area (Å²) >= 11 is 0. The molecular weight excluding hydrogens is 911 g/mol. The predicted octanol–water partition coefficient (Wildman–Crippen LogP) is -5.83. The molecule has 0 aliphatic carbocycles. The smallest absolute Gasteiger partial charge is 0.326 e. The molecule has 2 aromatic rings. The molecule has 0 aliphatic rings. The lowest BCUT2D eigenvalue weighted by molar-refractivity contribution is -0.142. The Bertz CT molecular complexity index is 2190. The number of phenolic OH excluding ortho intramolecular Hbond substituents is 1. The van der Waals surface area contributed by atoms with Crippen molar-refractivity contribution in [3.8, 4) is 5.75 Å². The van der Waals surface area contributed by atoms with Crippen molar-refractivity contribution in [1.29, 1.82) is 0 Å². The maximum atomic E-state index is 13.6. The normalized spacial score (nSPS) is 13.7. The van der Waals surface area contributed by atoms with E-state index in [2.05, 4.69) is 47.5 Å². The Morgan fingerprint density at radius 3 is 1.67 bits per heavy atom. The van der Waals surface area contributed by atoms with Gasteiger partial charge >= 0.3 is 11.9 Å². The van der Waals surface area contributed by atoms with E-state index in [0.717, 1.165) is 0 Å². The molecule has 0 unspecified atom stereocenters. The number of amides is 9. The second-order valence-corrected chi connectivity index (χ2v) is 15.5. The number of hydrogen-bond acceptors (Lipinski definition) is 14. The van der Waals surface area contributed by atoms with Crippen LogP contribution < -0.4 is 65.5 Å². The first-order valence-corrected chi connectivity index (χ1v) is 21.2. The lowest BCUT2D eigenvalue weighted by Crippen LogP contribution is -2.58. The van der Waals surface area contributed by atoms with Crippen molar-refractivity contribution in [1.82, 2.24) is 42.5 Å².